The molecule has 0 unspecified atom stereocenters. The van der Waals surface area contributed by atoms with E-state index in [2.05, 4.69) is 12.2 Å². The van der Waals surface area contributed by atoms with Crippen molar-refractivity contribution in [3.63, 3.8) is 0 Å². The number of carbonyl (C=O) groups is 2. The molecule has 1 aromatic heterocycles. The Morgan fingerprint density at radius 3 is 2.78 bits per heavy atom. The molecule has 1 aliphatic rings. The minimum Gasteiger partial charge on any atom is -0.365 e. The van der Waals surface area contributed by atoms with Gasteiger partial charge >= 0.3 is 0 Å². The third-order valence-corrected chi connectivity index (χ3v) is 6.45. The molecule has 4 rings (SSSR count). The lowest BCUT2D eigenvalue weighted by atomic mass is 9.87. The average Bonchev–Trinajstić information content (AvgIpc) is 2.99. The second-order valence-corrected chi connectivity index (χ2v) is 8.39. The van der Waals surface area contributed by atoms with Crippen molar-refractivity contribution < 1.29 is 9.59 Å². The molecule has 27 heavy (non-hydrogen) atoms. The van der Waals surface area contributed by atoms with Gasteiger partial charge in [0.25, 0.3) is 5.91 Å². The number of carbonyl (C=O) groups excluding carboxylic acids is 2. The Morgan fingerprint density at radius 1 is 1.19 bits per heavy atom. The first-order valence-electron chi connectivity index (χ1n) is 9.23. The number of thiophene rings is 1. The van der Waals surface area contributed by atoms with Gasteiger partial charge in [0.15, 0.2) is 0 Å². The predicted molar refractivity (Wildman–Crippen MR) is 110 cm³/mol. The van der Waals surface area contributed by atoms with Crippen LogP contribution in [0.5, 0.6) is 0 Å². The average molecular weight is 378 g/mol. The number of aryl methyl sites for hydroxylation is 1. The Bertz CT molecular complexity index is 1030. The van der Waals surface area contributed by atoms with E-state index in [0.717, 1.165) is 41.2 Å². The molecule has 0 radical (unpaired) electrons. The van der Waals surface area contributed by atoms with E-state index in [1.165, 1.54) is 16.2 Å². The van der Waals surface area contributed by atoms with Crippen LogP contribution < -0.4 is 11.1 Å². The van der Waals surface area contributed by atoms with Crippen molar-refractivity contribution in [1.82, 2.24) is 0 Å². The van der Waals surface area contributed by atoms with E-state index in [1.807, 2.05) is 42.5 Å². The first-order valence-corrected chi connectivity index (χ1v) is 10.1. The summed E-state index contributed by atoms with van der Waals surface area (Å²) >= 11 is 1.50. The highest BCUT2D eigenvalue weighted by atomic mass is 32.1. The summed E-state index contributed by atoms with van der Waals surface area (Å²) in [5.41, 5.74) is 8.16. The van der Waals surface area contributed by atoms with Gasteiger partial charge in [-0.3, -0.25) is 9.59 Å². The van der Waals surface area contributed by atoms with Gasteiger partial charge in [0, 0.05) is 4.88 Å². The maximum Gasteiger partial charge on any atom is 0.251 e. The fourth-order valence-electron chi connectivity index (χ4n) is 3.90. The molecule has 3 aromatic rings. The molecule has 3 N–H and O–H groups in total. The van der Waals surface area contributed by atoms with Gasteiger partial charge in [0.2, 0.25) is 5.91 Å². The van der Waals surface area contributed by atoms with Crippen LogP contribution in [-0.4, -0.2) is 11.8 Å². The summed E-state index contributed by atoms with van der Waals surface area (Å²) in [4.78, 5) is 26.0. The zero-order chi connectivity index (χ0) is 19.0. The second-order valence-electron chi connectivity index (χ2n) is 7.28. The first-order chi connectivity index (χ1) is 13.0. The quantitative estimate of drug-likeness (QED) is 0.710. The Kier molecular flexibility index (Phi) is 4.70. The molecular weight excluding hydrogens is 356 g/mol. The molecule has 0 aliphatic heterocycles. The highest BCUT2D eigenvalue weighted by Crippen LogP contribution is 2.39. The normalized spacial score (nSPS) is 16.1. The molecule has 138 valence electrons. The van der Waals surface area contributed by atoms with Crippen molar-refractivity contribution >= 4 is 38.9 Å². The number of fused-ring (bicyclic) bond motifs is 2. The van der Waals surface area contributed by atoms with Gasteiger partial charge in [-0.1, -0.05) is 49.4 Å². The molecule has 1 aliphatic carbocycles. The third kappa shape index (κ3) is 3.47. The topological polar surface area (TPSA) is 72.2 Å². The Labute approximate surface area is 162 Å². The molecule has 0 fully saturated rings. The SMILES string of the molecule is C[C@@H]1CCc2sc(NC(=O)Cc3cccc4ccccc34)c(C(N)=O)c2C1. The predicted octanol–water partition coefficient (Wildman–Crippen LogP) is 4.31. The number of nitrogens with one attached hydrogen (secondary N) is 1. The van der Waals surface area contributed by atoms with Crippen molar-refractivity contribution in [2.75, 3.05) is 5.32 Å². The maximum absolute atomic E-state index is 12.7. The number of primary amides is 1. The standard InChI is InChI=1S/C22H22N2O2S/c1-13-9-10-18-17(11-13)20(21(23)26)22(27-18)24-19(25)12-15-7-4-6-14-5-2-3-8-16(14)15/h2-8,13H,9-12H2,1H3,(H2,23,26)(H,24,25)/t13-/m1/s1. The summed E-state index contributed by atoms with van der Waals surface area (Å²) in [5, 5.41) is 5.75. The maximum atomic E-state index is 12.7. The third-order valence-electron chi connectivity index (χ3n) is 5.24. The lowest BCUT2D eigenvalue weighted by Crippen LogP contribution is -2.20. The van der Waals surface area contributed by atoms with Crippen LogP contribution in [0.2, 0.25) is 0 Å². The highest BCUT2D eigenvalue weighted by Gasteiger charge is 2.27. The first kappa shape index (κ1) is 17.7. The summed E-state index contributed by atoms with van der Waals surface area (Å²) in [6, 6.07) is 14.0. The fourth-order valence-corrected chi connectivity index (χ4v) is 5.16. The van der Waals surface area contributed by atoms with Crippen LogP contribution in [0, 0.1) is 5.92 Å². The van der Waals surface area contributed by atoms with Crippen molar-refractivity contribution in [2.45, 2.75) is 32.6 Å². The Morgan fingerprint density at radius 2 is 1.96 bits per heavy atom. The largest absolute Gasteiger partial charge is 0.365 e. The van der Waals surface area contributed by atoms with E-state index in [0.29, 0.717) is 16.5 Å². The van der Waals surface area contributed by atoms with E-state index in [4.69, 9.17) is 5.73 Å². The van der Waals surface area contributed by atoms with Crippen molar-refractivity contribution in [1.29, 1.82) is 0 Å². The zero-order valence-electron chi connectivity index (χ0n) is 15.2. The number of benzene rings is 2. The molecule has 1 atom stereocenters. The van der Waals surface area contributed by atoms with Gasteiger partial charge in [-0.05, 0) is 47.1 Å². The van der Waals surface area contributed by atoms with Crippen LogP contribution in [0.4, 0.5) is 5.00 Å². The van der Waals surface area contributed by atoms with Gasteiger partial charge in [-0.2, -0.15) is 0 Å². The van der Waals surface area contributed by atoms with Crippen LogP contribution in [0.15, 0.2) is 42.5 Å². The molecule has 4 nitrogen and oxygen atoms in total. The van der Waals surface area contributed by atoms with Crippen LogP contribution in [0.3, 0.4) is 0 Å². The number of hydrogen-bond acceptors (Lipinski definition) is 3. The molecule has 2 aromatic carbocycles. The minimum atomic E-state index is -0.456. The van der Waals surface area contributed by atoms with E-state index in [9.17, 15) is 9.59 Å². The number of nitrogens with two attached hydrogens (primary N) is 1. The van der Waals surface area contributed by atoms with Crippen LogP contribution in [-0.2, 0) is 24.1 Å². The van der Waals surface area contributed by atoms with Gasteiger partial charge in [-0.25, -0.2) is 0 Å². The molecule has 5 heteroatoms. The lowest BCUT2D eigenvalue weighted by molar-refractivity contribution is -0.115. The smallest absolute Gasteiger partial charge is 0.251 e. The van der Waals surface area contributed by atoms with E-state index in [1.54, 1.807) is 0 Å². The minimum absolute atomic E-state index is 0.125. The molecule has 2 amide bonds. The zero-order valence-corrected chi connectivity index (χ0v) is 16.1. The van der Waals surface area contributed by atoms with Crippen molar-refractivity contribution in [3.05, 3.63) is 64.0 Å². The lowest BCUT2D eigenvalue weighted by Gasteiger charge is -2.18. The molecule has 0 bridgehead atoms. The van der Waals surface area contributed by atoms with Crippen molar-refractivity contribution in [2.24, 2.45) is 11.7 Å². The molecule has 1 heterocycles. The number of anilines is 1. The summed E-state index contributed by atoms with van der Waals surface area (Å²) in [6.45, 7) is 2.18. The van der Waals surface area contributed by atoms with Crippen LogP contribution >= 0.6 is 11.3 Å². The molecular formula is C22H22N2O2S. The van der Waals surface area contributed by atoms with Crippen LogP contribution in [0.25, 0.3) is 10.8 Å². The summed E-state index contributed by atoms with van der Waals surface area (Å²) in [6.07, 6.45) is 3.16. The number of hydrogen-bond donors (Lipinski definition) is 2. The van der Waals surface area contributed by atoms with Gasteiger partial charge < -0.3 is 11.1 Å². The van der Waals surface area contributed by atoms with Gasteiger partial charge in [-0.15, -0.1) is 11.3 Å². The summed E-state index contributed by atoms with van der Waals surface area (Å²) in [5.74, 6) is -0.0491. The number of amides is 2. The van der Waals surface area contributed by atoms with E-state index in [-0.39, 0.29) is 12.3 Å². The number of rotatable bonds is 4. The second kappa shape index (κ2) is 7.16. The fraction of sp³-hybridized carbons (Fsp3) is 0.273. The van der Waals surface area contributed by atoms with Gasteiger partial charge in [0.05, 0.1) is 12.0 Å². The van der Waals surface area contributed by atoms with Crippen LogP contribution in [0.1, 0.15) is 39.7 Å². The van der Waals surface area contributed by atoms with E-state index >= 15 is 0 Å². The Hall–Kier alpha value is -2.66. The monoisotopic (exact) mass is 378 g/mol. The highest BCUT2D eigenvalue weighted by molar-refractivity contribution is 7.17. The summed E-state index contributed by atoms with van der Waals surface area (Å²) < 4.78 is 0. The van der Waals surface area contributed by atoms with E-state index < -0.39 is 5.91 Å². The molecule has 0 spiro atoms. The summed E-state index contributed by atoms with van der Waals surface area (Å²) in [7, 11) is 0. The molecule has 0 saturated carbocycles. The Balaban J connectivity index is 1.61. The van der Waals surface area contributed by atoms with Crippen molar-refractivity contribution in [3.8, 4) is 0 Å². The van der Waals surface area contributed by atoms with Gasteiger partial charge in [0.1, 0.15) is 5.00 Å². The molecule has 0 saturated heterocycles.